The van der Waals surface area contributed by atoms with Crippen LogP contribution in [0.25, 0.3) is 0 Å². The van der Waals surface area contributed by atoms with E-state index in [2.05, 4.69) is 26.2 Å². The lowest BCUT2D eigenvalue weighted by atomic mass is 10.2. The van der Waals surface area contributed by atoms with Gasteiger partial charge in [-0.2, -0.15) is 0 Å². The van der Waals surface area contributed by atoms with Gasteiger partial charge in [0.15, 0.2) is 0 Å². The predicted molar refractivity (Wildman–Crippen MR) is 67.7 cm³/mol. The van der Waals surface area contributed by atoms with E-state index < -0.39 is 0 Å². The van der Waals surface area contributed by atoms with E-state index in [4.69, 9.17) is 9.15 Å². The normalized spacial score (nSPS) is 10.5. The number of nitrogens with zero attached hydrogens (tertiary/aromatic N) is 1. The Bertz CT molecular complexity index is 485. The lowest BCUT2D eigenvalue weighted by molar-refractivity contribution is 0.397. The Hall–Kier alpha value is -1.33. The molecule has 0 fully saturated rings. The molecule has 2 aromatic rings. The summed E-state index contributed by atoms with van der Waals surface area (Å²) in [5.41, 5.74) is 1.12. The van der Waals surface area contributed by atoms with Gasteiger partial charge in [-0.25, -0.2) is 4.98 Å². The second-order valence-electron chi connectivity index (χ2n) is 3.50. The molecule has 0 spiro atoms. The molecule has 2 rings (SSSR count). The zero-order chi connectivity index (χ0) is 12.1. The Morgan fingerprint density at radius 2 is 2.29 bits per heavy atom. The molecule has 4 nitrogen and oxygen atoms in total. The number of methoxy groups -OCH3 is 1. The molecule has 0 bridgehead atoms. The Labute approximate surface area is 108 Å². The monoisotopic (exact) mass is 296 g/mol. The van der Waals surface area contributed by atoms with E-state index >= 15 is 0 Å². The summed E-state index contributed by atoms with van der Waals surface area (Å²) in [7, 11) is 1.61. The third kappa shape index (κ3) is 3.31. The third-order valence-corrected chi connectivity index (χ3v) is 3.02. The SMILES string of the molecule is COc1cc(CNCc2occc2Br)ccn1. The van der Waals surface area contributed by atoms with Gasteiger partial charge in [0.1, 0.15) is 5.76 Å². The summed E-state index contributed by atoms with van der Waals surface area (Å²) in [6.45, 7) is 1.42. The molecule has 0 aliphatic heterocycles. The summed E-state index contributed by atoms with van der Waals surface area (Å²) in [4.78, 5) is 4.05. The van der Waals surface area contributed by atoms with Gasteiger partial charge in [0.25, 0.3) is 0 Å². The van der Waals surface area contributed by atoms with E-state index in [0.29, 0.717) is 12.4 Å². The zero-order valence-corrected chi connectivity index (χ0v) is 11.0. The molecule has 0 atom stereocenters. The predicted octanol–water partition coefficient (Wildman–Crippen LogP) is 2.74. The second-order valence-corrected chi connectivity index (χ2v) is 4.36. The minimum absolute atomic E-state index is 0.628. The molecule has 2 aromatic heterocycles. The molecular formula is C12H13BrN2O2. The maximum Gasteiger partial charge on any atom is 0.213 e. The molecule has 0 saturated heterocycles. The standard InChI is InChI=1S/C12H13BrN2O2/c1-16-12-6-9(2-4-15-12)7-14-8-11-10(13)3-5-17-11/h2-6,14H,7-8H2,1H3. The van der Waals surface area contributed by atoms with Gasteiger partial charge in [-0.1, -0.05) is 0 Å². The van der Waals surface area contributed by atoms with Crippen LogP contribution < -0.4 is 10.1 Å². The van der Waals surface area contributed by atoms with Crippen LogP contribution in [-0.4, -0.2) is 12.1 Å². The third-order valence-electron chi connectivity index (χ3n) is 2.31. The summed E-state index contributed by atoms with van der Waals surface area (Å²) < 4.78 is 11.3. The fraction of sp³-hybridized carbons (Fsp3) is 0.250. The molecule has 17 heavy (non-hydrogen) atoms. The van der Waals surface area contributed by atoms with E-state index in [-0.39, 0.29) is 0 Å². The zero-order valence-electron chi connectivity index (χ0n) is 9.44. The highest BCUT2D eigenvalue weighted by Gasteiger charge is 2.02. The van der Waals surface area contributed by atoms with Crippen molar-refractivity contribution < 1.29 is 9.15 Å². The maximum absolute atomic E-state index is 5.30. The van der Waals surface area contributed by atoms with Crippen molar-refractivity contribution in [3.8, 4) is 5.88 Å². The highest BCUT2D eigenvalue weighted by Crippen LogP contribution is 2.17. The van der Waals surface area contributed by atoms with Crippen molar-refractivity contribution in [1.29, 1.82) is 0 Å². The fourth-order valence-corrected chi connectivity index (χ4v) is 1.79. The molecule has 0 radical (unpaired) electrons. The molecular weight excluding hydrogens is 284 g/mol. The molecule has 5 heteroatoms. The first kappa shape index (κ1) is 12.1. The van der Waals surface area contributed by atoms with Crippen LogP contribution in [0, 0.1) is 0 Å². The van der Waals surface area contributed by atoms with Crippen molar-refractivity contribution in [3.63, 3.8) is 0 Å². The first-order valence-electron chi connectivity index (χ1n) is 5.21. The van der Waals surface area contributed by atoms with Crippen molar-refractivity contribution in [1.82, 2.24) is 10.3 Å². The van der Waals surface area contributed by atoms with Crippen LogP contribution in [0.2, 0.25) is 0 Å². The molecule has 2 heterocycles. The number of halogens is 1. The average Bonchev–Trinajstić information content (AvgIpc) is 2.76. The molecule has 0 unspecified atom stereocenters. The minimum atomic E-state index is 0.628. The van der Waals surface area contributed by atoms with Crippen LogP contribution in [0.15, 0.2) is 39.5 Å². The largest absolute Gasteiger partial charge is 0.481 e. The summed E-state index contributed by atoms with van der Waals surface area (Å²) in [5.74, 6) is 1.52. The second kappa shape index (κ2) is 5.84. The van der Waals surface area contributed by atoms with E-state index in [1.54, 1.807) is 19.6 Å². The Balaban J connectivity index is 1.87. The first-order valence-corrected chi connectivity index (χ1v) is 6.00. The van der Waals surface area contributed by atoms with Gasteiger partial charge < -0.3 is 14.5 Å². The lowest BCUT2D eigenvalue weighted by Crippen LogP contribution is -2.12. The number of hydrogen-bond donors (Lipinski definition) is 1. The van der Waals surface area contributed by atoms with Crippen LogP contribution in [-0.2, 0) is 13.1 Å². The van der Waals surface area contributed by atoms with Crippen molar-refractivity contribution in [2.45, 2.75) is 13.1 Å². The number of hydrogen-bond acceptors (Lipinski definition) is 4. The van der Waals surface area contributed by atoms with Crippen LogP contribution in [0.3, 0.4) is 0 Å². The quantitative estimate of drug-likeness (QED) is 0.922. The number of nitrogens with one attached hydrogen (secondary N) is 1. The van der Waals surface area contributed by atoms with Crippen molar-refractivity contribution in [2.75, 3.05) is 7.11 Å². The topological polar surface area (TPSA) is 47.3 Å². The summed E-state index contributed by atoms with van der Waals surface area (Å²) in [6.07, 6.45) is 3.40. The number of furan rings is 1. The van der Waals surface area contributed by atoms with Crippen LogP contribution in [0.4, 0.5) is 0 Å². The molecule has 0 aromatic carbocycles. The van der Waals surface area contributed by atoms with Gasteiger partial charge in [-0.05, 0) is 33.6 Å². The highest BCUT2D eigenvalue weighted by molar-refractivity contribution is 9.10. The molecule has 90 valence electrons. The van der Waals surface area contributed by atoms with Crippen molar-refractivity contribution in [3.05, 3.63) is 46.5 Å². The van der Waals surface area contributed by atoms with Gasteiger partial charge in [0.2, 0.25) is 5.88 Å². The number of aromatic nitrogens is 1. The van der Waals surface area contributed by atoms with Gasteiger partial charge in [0, 0.05) is 18.8 Å². The van der Waals surface area contributed by atoms with Crippen LogP contribution >= 0.6 is 15.9 Å². The average molecular weight is 297 g/mol. The van der Waals surface area contributed by atoms with E-state index in [0.717, 1.165) is 22.3 Å². The van der Waals surface area contributed by atoms with Crippen LogP contribution in [0.1, 0.15) is 11.3 Å². The fourth-order valence-electron chi connectivity index (χ4n) is 1.44. The highest BCUT2D eigenvalue weighted by atomic mass is 79.9. The van der Waals surface area contributed by atoms with E-state index in [1.807, 2.05) is 18.2 Å². The molecule has 0 saturated carbocycles. The Morgan fingerprint density at radius 1 is 1.41 bits per heavy atom. The number of rotatable bonds is 5. The lowest BCUT2D eigenvalue weighted by Gasteiger charge is -2.05. The molecule has 0 aliphatic rings. The van der Waals surface area contributed by atoms with Gasteiger partial charge in [0.05, 0.1) is 24.4 Å². The van der Waals surface area contributed by atoms with Crippen LogP contribution in [0.5, 0.6) is 5.88 Å². The van der Waals surface area contributed by atoms with E-state index in [1.165, 1.54) is 0 Å². The van der Waals surface area contributed by atoms with Crippen molar-refractivity contribution in [2.24, 2.45) is 0 Å². The van der Waals surface area contributed by atoms with Crippen molar-refractivity contribution >= 4 is 15.9 Å². The smallest absolute Gasteiger partial charge is 0.213 e. The number of ether oxygens (including phenoxy) is 1. The van der Waals surface area contributed by atoms with Gasteiger partial charge >= 0.3 is 0 Å². The van der Waals surface area contributed by atoms with E-state index in [9.17, 15) is 0 Å². The minimum Gasteiger partial charge on any atom is -0.481 e. The Kier molecular flexibility index (Phi) is 4.17. The first-order chi connectivity index (χ1) is 8.29. The maximum atomic E-state index is 5.30. The molecule has 0 aliphatic carbocycles. The number of pyridine rings is 1. The molecule has 0 amide bonds. The van der Waals surface area contributed by atoms with Gasteiger partial charge in [-0.3, -0.25) is 0 Å². The molecule has 1 N–H and O–H groups in total. The summed E-state index contributed by atoms with van der Waals surface area (Å²) in [5, 5.41) is 3.29. The summed E-state index contributed by atoms with van der Waals surface area (Å²) in [6, 6.07) is 5.74. The summed E-state index contributed by atoms with van der Waals surface area (Å²) >= 11 is 3.41. The van der Waals surface area contributed by atoms with Gasteiger partial charge in [-0.15, -0.1) is 0 Å². The Morgan fingerprint density at radius 3 is 3.00 bits per heavy atom.